The van der Waals surface area contributed by atoms with E-state index in [-0.39, 0.29) is 24.5 Å². The lowest BCUT2D eigenvalue weighted by Gasteiger charge is -2.30. The van der Waals surface area contributed by atoms with E-state index in [1.54, 1.807) is 13.0 Å². The molecule has 0 saturated carbocycles. The number of ether oxygens (including phenoxy) is 1. The number of likely N-dealkylation sites (N-methyl/N-ethyl adjacent to an activating group) is 1. The van der Waals surface area contributed by atoms with Crippen LogP contribution in [0.3, 0.4) is 0 Å². The maximum absolute atomic E-state index is 12.7. The molecule has 0 fully saturated rings. The zero-order valence-corrected chi connectivity index (χ0v) is 21.0. The highest BCUT2D eigenvalue weighted by molar-refractivity contribution is 5.95. The van der Waals surface area contributed by atoms with Gasteiger partial charge < -0.3 is 20.1 Å². The topological polar surface area (TPSA) is 95.9 Å². The summed E-state index contributed by atoms with van der Waals surface area (Å²) in [5, 5.41) is 12.2. The fourth-order valence-corrected chi connectivity index (χ4v) is 4.41. The van der Waals surface area contributed by atoms with E-state index in [0.29, 0.717) is 12.0 Å². The van der Waals surface area contributed by atoms with Crippen molar-refractivity contribution in [2.24, 2.45) is 5.41 Å². The first-order chi connectivity index (χ1) is 16.5. The average molecular weight is 479 g/mol. The van der Waals surface area contributed by atoms with Crippen molar-refractivity contribution in [1.29, 1.82) is 0 Å². The van der Waals surface area contributed by atoms with Gasteiger partial charge in [0, 0.05) is 25.1 Å². The molecular weight excluding hydrogens is 444 g/mol. The van der Waals surface area contributed by atoms with Gasteiger partial charge in [0.15, 0.2) is 0 Å². The highest BCUT2D eigenvalue weighted by atomic mass is 16.5. The predicted octanol–water partition coefficient (Wildman–Crippen LogP) is 4.82. The number of rotatable bonds is 8. The first kappa shape index (κ1) is 26.0. The lowest BCUT2D eigenvalue weighted by molar-refractivity contribution is -0.148. The average Bonchev–Trinajstić information content (AvgIpc) is 3.13. The highest BCUT2D eigenvalue weighted by Crippen LogP contribution is 2.44. The van der Waals surface area contributed by atoms with Crippen molar-refractivity contribution < 1.29 is 24.2 Å². The molecule has 0 heterocycles. The molecule has 3 rings (SSSR count). The fourth-order valence-electron chi connectivity index (χ4n) is 4.41. The van der Waals surface area contributed by atoms with Crippen molar-refractivity contribution in [3.8, 4) is 11.1 Å². The third kappa shape index (κ3) is 6.29. The lowest BCUT2D eigenvalue weighted by atomic mass is 9.87. The summed E-state index contributed by atoms with van der Waals surface area (Å²) in [6, 6.07) is 15.3. The van der Waals surface area contributed by atoms with Gasteiger partial charge in [0.05, 0.1) is 0 Å². The van der Waals surface area contributed by atoms with E-state index in [2.05, 4.69) is 29.6 Å². The molecule has 1 aliphatic rings. The van der Waals surface area contributed by atoms with Gasteiger partial charge in [-0.3, -0.25) is 4.79 Å². The molecule has 35 heavy (non-hydrogen) atoms. The van der Waals surface area contributed by atoms with Crippen LogP contribution >= 0.6 is 0 Å². The quantitative estimate of drug-likeness (QED) is 0.531. The van der Waals surface area contributed by atoms with Crippen LogP contribution in [-0.4, -0.2) is 54.2 Å². The molecule has 186 valence electrons. The summed E-state index contributed by atoms with van der Waals surface area (Å²) >= 11 is 0. The van der Waals surface area contributed by atoms with Crippen LogP contribution in [0.1, 0.15) is 51.2 Å². The van der Waals surface area contributed by atoms with Gasteiger partial charge in [-0.1, -0.05) is 75.4 Å². The van der Waals surface area contributed by atoms with Gasteiger partial charge in [0.25, 0.3) is 0 Å². The Kier molecular flexibility index (Phi) is 7.99. The molecule has 0 radical (unpaired) electrons. The Hall–Kier alpha value is -3.61. The van der Waals surface area contributed by atoms with Crippen molar-refractivity contribution in [3.05, 3.63) is 71.3 Å². The SMILES string of the molecule is C/C(=C\CNC(=O)OCC1c2ccccc2-c2ccccc21)C(=O)N(C)C(CC(C)(C)C)C(=O)O. The van der Waals surface area contributed by atoms with E-state index in [0.717, 1.165) is 22.3 Å². The van der Waals surface area contributed by atoms with E-state index in [1.807, 2.05) is 45.0 Å². The van der Waals surface area contributed by atoms with Crippen LogP contribution in [0.15, 0.2) is 60.2 Å². The van der Waals surface area contributed by atoms with Gasteiger partial charge in [0.1, 0.15) is 12.6 Å². The minimum Gasteiger partial charge on any atom is -0.480 e. The Labute approximate surface area is 206 Å². The summed E-state index contributed by atoms with van der Waals surface area (Å²) in [7, 11) is 1.49. The van der Waals surface area contributed by atoms with Gasteiger partial charge in [-0.25, -0.2) is 9.59 Å². The zero-order chi connectivity index (χ0) is 25.8. The molecular formula is C28H34N2O5. The number of carboxylic acid groups (broad SMARTS) is 1. The molecule has 1 atom stereocenters. The number of aliphatic carboxylic acids is 1. The van der Waals surface area contributed by atoms with E-state index >= 15 is 0 Å². The largest absolute Gasteiger partial charge is 0.480 e. The molecule has 7 nitrogen and oxygen atoms in total. The summed E-state index contributed by atoms with van der Waals surface area (Å²) in [6.45, 7) is 7.71. The molecule has 7 heteroatoms. The Bertz CT molecular complexity index is 1090. The monoisotopic (exact) mass is 478 g/mol. The Morgan fingerprint density at radius 2 is 1.60 bits per heavy atom. The molecule has 2 aromatic rings. The third-order valence-corrected chi connectivity index (χ3v) is 6.21. The smallest absolute Gasteiger partial charge is 0.407 e. The Morgan fingerprint density at radius 1 is 1.06 bits per heavy atom. The zero-order valence-electron chi connectivity index (χ0n) is 21.0. The Morgan fingerprint density at radius 3 is 2.11 bits per heavy atom. The lowest BCUT2D eigenvalue weighted by Crippen LogP contribution is -2.44. The number of nitrogens with one attached hydrogen (secondary N) is 1. The van der Waals surface area contributed by atoms with E-state index in [9.17, 15) is 19.5 Å². The van der Waals surface area contributed by atoms with Crippen LogP contribution in [0.5, 0.6) is 0 Å². The number of hydrogen-bond acceptors (Lipinski definition) is 4. The number of carboxylic acids is 1. The molecule has 0 bridgehead atoms. The van der Waals surface area contributed by atoms with Gasteiger partial charge in [-0.05, 0) is 41.0 Å². The van der Waals surface area contributed by atoms with Crippen molar-refractivity contribution >= 4 is 18.0 Å². The Balaban J connectivity index is 1.55. The van der Waals surface area contributed by atoms with Crippen molar-refractivity contribution in [2.45, 2.75) is 46.1 Å². The van der Waals surface area contributed by atoms with Crippen molar-refractivity contribution in [1.82, 2.24) is 10.2 Å². The minimum atomic E-state index is -1.04. The first-order valence-electron chi connectivity index (χ1n) is 11.7. The molecule has 2 aromatic carbocycles. The fraction of sp³-hybridized carbons (Fsp3) is 0.393. The molecule has 0 aromatic heterocycles. The normalized spacial score (nSPS) is 14.0. The number of nitrogens with zero attached hydrogens (tertiary/aromatic N) is 1. The summed E-state index contributed by atoms with van der Waals surface area (Å²) < 4.78 is 5.50. The second kappa shape index (κ2) is 10.8. The maximum atomic E-state index is 12.7. The number of hydrogen-bond donors (Lipinski definition) is 2. The number of benzene rings is 2. The van der Waals surface area contributed by atoms with E-state index in [4.69, 9.17) is 4.74 Å². The van der Waals surface area contributed by atoms with E-state index < -0.39 is 24.0 Å². The number of alkyl carbamates (subject to hydrolysis) is 1. The van der Waals surface area contributed by atoms with Crippen LogP contribution in [-0.2, 0) is 14.3 Å². The summed E-state index contributed by atoms with van der Waals surface area (Å²) in [5.74, 6) is -1.47. The second-order valence-electron chi connectivity index (χ2n) is 10.1. The summed E-state index contributed by atoms with van der Waals surface area (Å²) in [4.78, 5) is 38.0. The minimum absolute atomic E-state index is 0.0311. The number of carbonyl (C=O) groups excluding carboxylic acids is 2. The molecule has 1 unspecified atom stereocenters. The van der Waals surface area contributed by atoms with Gasteiger partial charge in [-0.15, -0.1) is 0 Å². The van der Waals surface area contributed by atoms with Crippen LogP contribution in [0, 0.1) is 5.41 Å². The third-order valence-electron chi connectivity index (χ3n) is 6.21. The highest BCUT2D eigenvalue weighted by Gasteiger charge is 2.31. The molecule has 0 aliphatic heterocycles. The summed E-state index contributed by atoms with van der Waals surface area (Å²) in [6.07, 6.45) is 1.32. The predicted molar refractivity (Wildman–Crippen MR) is 135 cm³/mol. The molecule has 0 saturated heterocycles. The molecule has 2 amide bonds. The van der Waals surface area contributed by atoms with Crippen molar-refractivity contribution in [2.75, 3.05) is 20.2 Å². The molecule has 0 spiro atoms. The van der Waals surface area contributed by atoms with Crippen LogP contribution in [0.2, 0.25) is 0 Å². The number of amides is 2. The van der Waals surface area contributed by atoms with Crippen molar-refractivity contribution in [3.63, 3.8) is 0 Å². The number of fused-ring (bicyclic) bond motifs is 3. The molecule has 1 aliphatic carbocycles. The maximum Gasteiger partial charge on any atom is 0.407 e. The van der Waals surface area contributed by atoms with E-state index in [1.165, 1.54) is 11.9 Å². The van der Waals surface area contributed by atoms with Crippen LogP contribution in [0.25, 0.3) is 11.1 Å². The standard InChI is InChI=1S/C28H34N2O5/c1-18(25(31)30(5)24(26(32)33)16-28(2,3)4)14-15-29-27(34)35-17-23-21-12-8-6-10-19(21)20-11-7-9-13-22(20)23/h6-14,23-24H,15-17H2,1-5H3,(H,29,34)(H,32,33)/b18-14+. The first-order valence-corrected chi connectivity index (χ1v) is 11.7. The molecule has 2 N–H and O–H groups in total. The van der Waals surface area contributed by atoms with Crippen LogP contribution in [0.4, 0.5) is 4.79 Å². The van der Waals surface area contributed by atoms with Gasteiger partial charge in [-0.2, -0.15) is 0 Å². The number of carbonyl (C=O) groups is 3. The second-order valence-corrected chi connectivity index (χ2v) is 10.1. The van der Waals surface area contributed by atoms with Crippen LogP contribution < -0.4 is 5.32 Å². The van der Waals surface area contributed by atoms with Gasteiger partial charge >= 0.3 is 12.1 Å². The summed E-state index contributed by atoms with van der Waals surface area (Å²) in [5.41, 5.74) is 4.68. The van der Waals surface area contributed by atoms with Gasteiger partial charge in [0.2, 0.25) is 5.91 Å².